The lowest BCUT2D eigenvalue weighted by Gasteiger charge is -2.38. The Bertz CT molecular complexity index is 1070. The normalized spacial score (nSPS) is 17.6. The summed E-state index contributed by atoms with van der Waals surface area (Å²) < 4.78 is 19.9. The third-order valence-electron chi connectivity index (χ3n) is 6.62. The first-order valence-corrected chi connectivity index (χ1v) is 11.2. The van der Waals surface area contributed by atoms with E-state index in [9.17, 15) is 14.0 Å². The van der Waals surface area contributed by atoms with Crippen molar-refractivity contribution >= 4 is 17.7 Å². The smallest absolute Gasteiger partial charge is 0.410 e. The number of halogens is 1. The summed E-state index contributed by atoms with van der Waals surface area (Å²) in [6.07, 6.45) is 1.38. The van der Waals surface area contributed by atoms with Crippen molar-refractivity contribution in [3.8, 4) is 11.1 Å². The fourth-order valence-corrected chi connectivity index (χ4v) is 4.83. The number of carbonyl (C=O) groups is 2. The molecule has 32 heavy (non-hydrogen) atoms. The van der Waals surface area contributed by atoms with Crippen LogP contribution < -0.4 is 4.90 Å². The average molecular weight is 439 g/mol. The molecule has 2 aromatic rings. The highest BCUT2D eigenvalue weighted by atomic mass is 19.1. The van der Waals surface area contributed by atoms with Gasteiger partial charge in [0.05, 0.1) is 5.41 Å². The number of anilines is 1. The quantitative estimate of drug-likeness (QED) is 0.639. The van der Waals surface area contributed by atoms with Crippen molar-refractivity contribution in [3.05, 3.63) is 53.3 Å². The zero-order chi connectivity index (χ0) is 23.3. The van der Waals surface area contributed by atoms with Crippen LogP contribution in [0.5, 0.6) is 0 Å². The molecule has 1 saturated heterocycles. The van der Waals surface area contributed by atoms with Crippen LogP contribution in [0, 0.1) is 5.82 Å². The maximum absolute atomic E-state index is 14.4. The van der Waals surface area contributed by atoms with Crippen molar-refractivity contribution in [1.29, 1.82) is 0 Å². The highest BCUT2D eigenvalue weighted by molar-refractivity contribution is 6.08. The van der Waals surface area contributed by atoms with Crippen molar-refractivity contribution in [2.75, 3.05) is 25.0 Å². The van der Waals surface area contributed by atoms with E-state index in [-0.39, 0.29) is 17.8 Å². The van der Waals surface area contributed by atoms with E-state index in [1.165, 1.54) is 0 Å². The number of aryl methyl sites for hydroxylation is 1. The van der Waals surface area contributed by atoms with Gasteiger partial charge in [-0.25, -0.2) is 9.18 Å². The predicted octanol–water partition coefficient (Wildman–Crippen LogP) is 5.30. The summed E-state index contributed by atoms with van der Waals surface area (Å²) in [5.41, 5.74) is 3.01. The van der Waals surface area contributed by atoms with Crippen LogP contribution in [-0.2, 0) is 21.4 Å². The number of piperidine rings is 1. The first-order valence-electron chi connectivity index (χ1n) is 11.2. The first-order chi connectivity index (χ1) is 15.1. The van der Waals surface area contributed by atoms with E-state index in [4.69, 9.17) is 4.74 Å². The lowest BCUT2D eigenvalue weighted by atomic mass is 9.73. The van der Waals surface area contributed by atoms with Gasteiger partial charge in [-0.15, -0.1) is 0 Å². The Labute approximate surface area is 189 Å². The summed E-state index contributed by atoms with van der Waals surface area (Å²) in [7, 11) is 1.80. The third kappa shape index (κ3) is 3.76. The Kier molecular flexibility index (Phi) is 5.51. The van der Waals surface area contributed by atoms with Gasteiger partial charge in [0.15, 0.2) is 0 Å². The van der Waals surface area contributed by atoms with Crippen LogP contribution in [0.2, 0.25) is 0 Å². The first kappa shape index (κ1) is 22.3. The van der Waals surface area contributed by atoms with Crippen LogP contribution in [0.15, 0.2) is 36.4 Å². The molecule has 2 amide bonds. The van der Waals surface area contributed by atoms with Gasteiger partial charge in [-0.05, 0) is 80.5 Å². The molecule has 0 unspecified atom stereocenters. The third-order valence-corrected chi connectivity index (χ3v) is 6.62. The number of likely N-dealkylation sites (N-methyl/N-ethyl adjacent to an activating group) is 1. The van der Waals surface area contributed by atoms with Crippen molar-refractivity contribution in [1.82, 2.24) is 4.90 Å². The number of likely N-dealkylation sites (tertiary alicyclic amines) is 1. The van der Waals surface area contributed by atoms with Gasteiger partial charge in [-0.2, -0.15) is 0 Å². The molecule has 0 radical (unpaired) electrons. The molecule has 2 aliphatic rings. The topological polar surface area (TPSA) is 49.9 Å². The molecule has 2 heterocycles. The van der Waals surface area contributed by atoms with Crippen molar-refractivity contribution in [2.24, 2.45) is 0 Å². The van der Waals surface area contributed by atoms with E-state index < -0.39 is 11.0 Å². The Hall–Kier alpha value is -2.89. The second kappa shape index (κ2) is 7.91. The number of fused-ring (bicyclic) bond motifs is 2. The lowest BCUT2D eigenvalue weighted by molar-refractivity contribution is -0.124. The lowest BCUT2D eigenvalue weighted by Crippen LogP contribution is -2.50. The maximum Gasteiger partial charge on any atom is 0.410 e. The van der Waals surface area contributed by atoms with Crippen LogP contribution >= 0.6 is 0 Å². The van der Waals surface area contributed by atoms with E-state index >= 15 is 0 Å². The van der Waals surface area contributed by atoms with E-state index in [1.807, 2.05) is 58.0 Å². The number of hydrogen-bond donors (Lipinski definition) is 0. The number of nitrogens with zero attached hydrogens (tertiary/aromatic N) is 2. The number of ether oxygens (including phenoxy) is 1. The average Bonchev–Trinajstić information content (AvgIpc) is 2.94. The summed E-state index contributed by atoms with van der Waals surface area (Å²) in [5, 5.41) is 0. The zero-order valence-electron chi connectivity index (χ0n) is 19.5. The summed E-state index contributed by atoms with van der Waals surface area (Å²) in [5.74, 6) is -0.153. The Morgan fingerprint density at radius 1 is 1.09 bits per heavy atom. The number of amides is 2. The Morgan fingerprint density at radius 3 is 2.31 bits per heavy atom. The highest BCUT2D eigenvalue weighted by Gasteiger charge is 2.51. The Balaban J connectivity index is 1.64. The van der Waals surface area contributed by atoms with Crippen LogP contribution in [0.4, 0.5) is 14.9 Å². The molecule has 5 nitrogen and oxygen atoms in total. The molecule has 1 spiro atoms. The van der Waals surface area contributed by atoms with Crippen molar-refractivity contribution in [3.63, 3.8) is 0 Å². The van der Waals surface area contributed by atoms with Crippen LogP contribution in [0.1, 0.15) is 51.7 Å². The minimum atomic E-state index is -0.666. The van der Waals surface area contributed by atoms with Crippen molar-refractivity contribution in [2.45, 2.75) is 58.0 Å². The van der Waals surface area contributed by atoms with Gasteiger partial charge in [0, 0.05) is 25.8 Å². The molecule has 0 N–H and O–H groups in total. The van der Waals surface area contributed by atoms with Gasteiger partial charge in [-0.1, -0.05) is 25.1 Å². The summed E-state index contributed by atoms with van der Waals surface area (Å²) >= 11 is 0. The molecule has 0 bridgehead atoms. The molecule has 2 aromatic carbocycles. The molecule has 0 aliphatic carbocycles. The summed E-state index contributed by atoms with van der Waals surface area (Å²) in [4.78, 5) is 29.3. The number of rotatable bonds is 2. The number of carbonyl (C=O) groups excluding carboxylic acids is 2. The molecule has 0 atom stereocenters. The molecule has 0 saturated carbocycles. The van der Waals surface area contributed by atoms with Crippen molar-refractivity contribution < 1.29 is 18.7 Å². The molecular weight excluding hydrogens is 407 g/mol. The molecule has 6 heteroatoms. The molecule has 4 rings (SSSR count). The van der Waals surface area contributed by atoms with Crippen LogP contribution in [0.3, 0.4) is 0 Å². The SMILES string of the molecule is CCc1ccc(-c2ccc3c(c2)C2(CCN(C(=O)OC(C)(C)C)CC2)C(=O)N3C)cc1F. The largest absolute Gasteiger partial charge is 0.444 e. The molecule has 1 fully saturated rings. The fraction of sp³-hybridized carbons (Fsp3) is 0.462. The highest BCUT2D eigenvalue weighted by Crippen LogP contribution is 2.48. The maximum atomic E-state index is 14.4. The number of benzene rings is 2. The van der Waals surface area contributed by atoms with E-state index in [0.717, 1.165) is 22.4 Å². The van der Waals surface area contributed by atoms with Gasteiger partial charge in [0.25, 0.3) is 0 Å². The molecule has 170 valence electrons. The molecule has 0 aromatic heterocycles. The monoisotopic (exact) mass is 438 g/mol. The number of hydrogen-bond acceptors (Lipinski definition) is 3. The fourth-order valence-electron chi connectivity index (χ4n) is 4.83. The second-order valence-electron chi connectivity index (χ2n) is 9.81. The van der Waals surface area contributed by atoms with Crippen LogP contribution in [-0.4, -0.2) is 42.6 Å². The van der Waals surface area contributed by atoms with E-state index in [2.05, 4.69) is 0 Å². The molecular formula is C26H31FN2O3. The standard InChI is InChI=1S/C26H31FN2O3/c1-6-17-7-8-19(16-21(17)27)18-9-10-22-20(15-18)26(23(30)28(22)5)11-13-29(14-12-26)24(31)32-25(2,3)4/h7-10,15-16H,6,11-14H2,1-5H3. The van der Waals surface area contributed by atoms with Gasteiger partial charge >= 0.3 is 6.09 Å². The molecule has 2 aliphatic heterocycles. The van der Waals surface area contributed by atoms with E-state index in [0.29, 0.717) is 37.9 Å². The van der Waals surface area contributed by atoms with Gasteiger partial charge in [0.2, 0.25) is 5.91 Å². The van der Waals surface area contributed by atoms with Gasteiger partial charge in [0.1, 0.15) is 11.4 Å². The Morgan fingerprint density at radius 2 is 1.72 bits per heavy atom. The van der Waals surface area contributed by atoms with Gasteiger partial charge < -0.3 is 14.5 Å². The van der Waals surface area contributed by atoms with Gasteiger partial charge in [-0.3, -0.25) is 4.79 Å². The minimum absolute atomic E-state index is 0.0565. The predicted molar refractivity (Wildman–Crippen MR) is 123 cm³/mol. The zero-order valence-corrected chi connectivity index (χ0v) is 19.5. The summed E-state index contributed by atoms with van der Waals surface area (Å²) in [6, 6.07) is 11.2. The second-order valence-corrected chi connectivity index (χ2v) is 9.81. The summed E-state index contributed by atoms with van der Waals surface area (Å²) in [6.45, 7) is 8.39. The van der Waals surface area contributed by atoms with Crippen LogP contribution in [0.25, 0.3) is 11.1 Å². The minimum Gasteiger partial charge on any atom is -0.444 e. The van der Waals surface area contributed by atoms with E-state index in [1.54, 1.807) is 22.9 Å².